The number of pyridine rings is 2. The molecule has 0 radical (unpaired) electrons. The summed E-state index contributed by atoms with van der Waals surface area (Å²) < 4.78 is 21.8. The van der Waals surface area contributed by atoms with Crippen LogP contribution in [0.1, 0.15) is 49.7 Å². The van der Waals surface area contributed by atoms with Gasteiger partial charge in [-0.2, -0.15) is 0 Å². The fourth-order valence-electron chi connectivity index (χ4n) is 6.44. The number of amides is 1. The maximum Gasteiger partial charge on any atom is 0.227 e. The van der Waals surface area contributed by atoms with Crippen LogP contribution in [0.3, 0.4) is 0 Å². The Morgan fingerprint density at radius 3 is 2.60 bits per heavy atom. The second-order valence-corrected chi connectivity index (χ2v) is 13.8. The maximum atomic E-state index is 15.0. The van der Waals surface area contributed by atoms with Gasteiger partial charge in [-0.1, -0.05) is 12.1 Å². The van der Waals surface area contributed by atoms with Crippen molar-refractivity contribution >= 4 is 33.2 Å². The van der Waals surface area contributed by atoms with Crippen molar-refractivity contribution in [3.8, 4) is 22.1 Å². The number of ether oxygens (including phenoxy) is 1. The lowest BCUT2D eigenvalue weighted by Crippen LogP contribution is -2.44. The number of ketones is 1. The monoisotopic (exact) mass is 628 g/mol. The van der Waals surface area contributed by atoms with E-state index in [2.05, 4.69) is 16.0 Å². The van der Waals surface area contributed by atoms with Gasteiger partial charge >= 0.3 is 0 Å². The first-order chi connectivity index (χ1) is 21.9. The minimum Gasteiger partial charge on any atom is -0.453 e. The predicted molar refractivity (Wildman–Crippen MR) is 171 cm³/mol. The van der Waals surface area contributed by atoms with Crippen molar-refractivity contribution in [1.82, 2.24) is 19.8 Å². The molecule has 0 spiro atoms. The Hall–Kier alpha value is -3.73. The molecule has 1 aliphatic carbocycles. The van der Waals surface area contributed by atoms with E-state index in [1.54, 1.807) is 24.4 Å². The molecule has 2 atom stereocenters. The van der Waals surface area contributed by atoms with E-state index in [1.165, 1.54) is 17.4 Å². The fourth-order valence-corrected chi connectivity index (χ4v) is 7.49. The third-order valence-electron chi connectivity index (χ3n) is 9.02. The number of nitrogens with zero attached hydrogens (tertiary/aromatic N) is 4. The van der Waals surface area contributed by atoms with Gasteiger partial charge in [0, 0.05) is 57.5 Å². The molecule has 2 saturated heterocycles. The Labute approximate surface area is 265 Å². The van der Waals surface area contributed by atoms with Gasteiger partial charge in [-0.3, -0.25) is 24.5 Å². The van der Waals surface area contributed by atoms with Crippen molar-refractivity contribution in [3.05, 3.63) is 71.8 Å². The molecule has 3 aliphatic rings. The number of hydrogen-bond donors (Lipinski definition) is 1. The molecule has 5 heterocycles. The van der Waals surface area contributed by atoms with E-state index >= 15 is 0 Å². The smallest absolute Gasteiger partial charge is 0.227 e. The summed E-state index contributed by atoms with van der Waals surface area (Å²) in [6.45, 7) is 3.50. The third kappa shape index (κ3) is 7.08. The molecule has 234 valence electrons. The molecule has 10 heteroatoms. The van der Waals surface area contributed by atoms with Crippen molar-refractivity contribution in [1.29, 1.82) is 0 Å². The summed E-state index contributed by atoms with van der Waals surface area (Å²) in [5, 5.41) is 9.83. The predicted octanol–water partition coefficient (Wildman–Crippen LogP) is 6.01. The number of halogens is 1. The van der Waals surface area contributed by atoms with E-state index in [0.29, 0.717) is 43.2 Å². The summed E-state index contributed by atoms with van der Waals surface area (Å²) in [5.41, 5.74) is 3.31. The highest BCUT2D eigenvalue weighted by atomic mass is 32.1. The number of aliphatic hydroxyl groups is 1. The summed E-state index contributed by atoms with van der Waals surface area (Å²) in [4.78, 5) is 39.5. The Bertz CT molecular complexity index is 1710. The van der Waals surface area contributed by atoms with Gasteiger partial charge in [0.2, 0.25) is 5.91 Å². The van der Waals surface area contributed by atoms with Crippen molar-refractivity contribution in [2.75, 3.05) is 26.2 Å². The summed E-state index contributed by atoms with van der Waals surface area (Å²) in [6.07, 6.45) is 8.75. The number of likely N-dealkylation sites (tertiary alicyclic amines) is 2. The van der Waals surface area contributed by atoms with E-state index < -0.39 is 11.9 Å². The highest BCUT2D eigenvalue weighted by molar-refractivity contribution is 7.22. The molecule has 0 bridgehead atoms. The van der Waals surface area contributed by atoms with E-state index in [4.69, 9.17) is 9.72 Å². The molecule has 7 rings (SSSR count). The molecule has 1 amide bonds. The van der Waals surface area contributed by atoms with Gasteiger partial charge in [0.25, 0.3) is 0 Å². The van der Waals surface area contributed by atoms with Crippen LogP contribution in [0.25, 0.3) is 20.8 Å². The van der Waals surface area contributed by atoms with Crippen LogP contribution < -0.4 is 4.74 Å². The average Bonchev–Trinajstić information content (AvgIpc) is 3.55. The number of aliphatic hydroxyl groups excluding tert-OH is 1. The number of piperidine rings is 1. The van der Waals surface area contributed by atoms with Gasteiger partial charge in [-0.25, -0.2) is 4.39 Å². The number of aromatic nitrogens is 2. The first-order valence-corrected chi connectivity index (χ1v) is 16.7. The molecule has 3 aromatic heterocycles. The zero-order valence-electron chi connectivity index (χ0n) is 25.2. The summed E-state index contributed by atoms with van der Waals surface area (Å²) in [7, 11) is 0. The van der Waals surface area contributed by atoms with Gasteiger partial charge in [-0.15, -0.1) is 11.3 Å². The molecular weight excluding hydrogens is 591 g/mol. The van der Waals surface area contributed by atoms with E-state index in [9.17, 15) is 19.1 Å². The summed E-state index contributed by atoms with van der Waals surface area (Å²) in [6, 6.07) is 12.5. The fraction of sp³-hybridized carbons (Fsp3) is 0.429. The standard InChI is InChI=1S/C35H37FN4O4S/c36-28-16-23(15-27(42)14-22-3-4-22)6-8-31(28)44-32-9-11-37-30-17-33(45-34(30)32)29-7-5-24(18-38-29)19-39-12-1-2-25(20-39)35(43)40-13-10-26(41)21-40/h5-9,11,16-18,22,25-26,41H,1-4,10,12-15,19-21H2/t25?,26-/m1/s1. The quantitative estimate of drug-likeness (QED) is 0.230. The van der Waals surface area contributed by atoms with Crippen LogP contribution in [-0.4, -0.2) is 68.8 Å². The number of carbonyl (C=O) groups excluding carboxylic acids is 2. The maximum absolute atomic E-state index is 15.0. The van der Waals surface area contributed by atoms with Gasteiger partial charge < -0.3 is 14.7 Å². The number of benzene rings is 1. The number of fused-ring (bicyclic) bond motifs is 1. The van der Waals surface area contributed by atoms with Gasteiger partial charge in [-0.05, 0) is 80.0 Å². The average molecular weight is 629 g/mol. The zero-order valence-corrected chi connectivity index (χ0v) is 26.0. The van der Waals surface area contributed by atoms with Crippen molar-refractivity contribution < 1.29 is 23.8 Å². The molecule has 1 N–H and O–H groups in total. The van der Waals surface area contributed by atoms with E-state index in [0.717, 1.165) is 71.7 Å². The molecule has 3 fully saturated rings. The Morgan fingerprint density at radius 1 is 0.978 bits per heavy atom. The zero-order chi connectivity index (χ0) is 30.9. The van der Waals surface area contributed by atoms with Crippen LogP contribution in [-0.2, 0) is 22.6 Å². The number of Topliss-reactive ketones (excluding diaryl/α,β-unsaturated/α-hetero) is 1. The van der Waals surface area contributed by atoms with E-state index in [-0.39, 0.29) is 29.8 Å². The molecule has 1 aromatic carbocycles. The lowest BCUT2D eigenvalue weighted by Gasteiger charge is -2.33. The number of hydrogen-bond acceptors (Lipinski definition) is 8. The molecular formula is C35H37FN4O4S. The first-order valence-electron chi connectivity index (χ1n) is 15.9. The highest BCUT2D eigenvalue weighted by Gasteiger charge is 2.33. The lowest BCUT2D eigenvalue weighted by atomic mass is 9.96. The highest BCUT2D eigenvalue weighted by Crippen LogP contribution is 2.39. The number of carbonyl (C=O) groups is 2. The minimum atomic E-state index is -0.495. The molecule has 1 saturated carbocycles. The van der Waals surface area contributed by atoms with Gasteiger partial charge in [0.1, 0.15) is 11.5 Å². The van der Waals surface area contributed by atoms with Crippen LogP contribution in [0.4, 0.5) is 4.39 Å². The molecule has 45 heavy (non-hydrogen) atoms. The first kappa shape index (κ1) is 30.0. The van der Waals surface area contributed by atoms with Gasteiger partial charge in [0.15, 0.2) is 11.6 Å². The normalized spacial score (nSPS) is 20.5. The van der Waals surface area contributed by atoms with Crippen LogP contribution in [0.15, 0.2) is 54.9 Å². The Morgan fingerprint density at radius 2 is 1.84 bits per heavy atom. The Kier molecular flexibility index (Phi) is 8.61. The largest absolute Gasteiger partial charge is 0.453 e. The number of rotatable bonds is 10. The van der Waals surface area contributed by atoms with Crippen LogP contribution >= 0.6 is 11.3 Å². The van der Waals surface area contributed by atoms with E-state index in [1.807, 2.05) is 23.2 Å². The van der Waals surface area contributed by atoms with Crippen LogP contribution in [0.2, 0.25) is 0 Å². The lowest BCUT2D eigenvalue weighted by molar-refractivity contribution is -0.136. The summed E-state index contributed by atoms with van der Waals surface area (Å²) >= 11 is 1.49. The summed E-state index contributed by atoms with van der Waals surface area (Å²) in [5.74, 6) is 0.949. The van der Waals surface area contributed by atoms with Crippen LogP contribution in [0, 0.1) is 17.7 Å². The van der Waals surface area contributed by atoms with Crippen molar-refractivity contribution in [2.45, 2.75) is 57.6 Å². The SMILES string of the molecule is O=C(Cc1ccc(Oc2ccnc3cc(-c4ccc(CN5CCCC(C(=O)N6CC[C@@H](O)C6)C5)cn4)sc23)c(F)c1)CC1CC1. The second-order valence-electron chi connectivity index (χ2n) is 12.7. The number of thiophene rings is 1. The third-order valence-corrected chi connectivity index (χ3v) is 10.2. The topological polar surface area (TPSA) is 95.9 Å². The van der Waals surface area contributed by atoms with Gasteiger partial charge in [0.05, 0.1) is 32.8 Å². The molecule has 4 aromatic rings. The molecule has 2 aliphatic heterocycles. The van der Waals surface area contributed by atoms with Crippen molar-refractivity contribution in [3.63, 3.8) is 0 Å². The molecule has 1 unspecified atom stereocenters. The van der Waals surface area contributed by atoms with Crippen molar-refractivity contribution in [2.24, 2.45) is 11.8 Å². The Balaban J connectivity index is 0.999. The second kappa shape index (κ2) is 12.9. The van der Waals surface area contributed by atoms with Crippen LogP contribution in [0.5, 0.6) is 11.5 Å². The minimum absolute atomic E-state index is 0.0219. The number of β-amino-alcohol motifs (C(OH)–C–C–N with tert-alkyl or cyclic N) is 1. The molecule has 8 nitrogen and oxygen atoms in total.